The minimum atomic E-state index is 0.109. The Morgan fingerprint density at radius 1 is 1.24 bits per heavy atom. The van der Waals surface area contributed by atoms with Gasteiger partial charge in [-0.2, -0.15) is 0 Å². The Hall–Kier alpha value is -0.620. The van der Waals surface area contributed by atoms with E-state index in [0.717, 1.165) is 24.8 Å². The summed E-state index contributed by atoms with van der Waals surface area (Å²) in [4.78, 5) is 4.42. The lowest BCUT2D eigenvalue weighted by molar-refractivity contribution is 0.880. The molecule has 1 unspecified atom stereocenters. The fourth-order valence-electron chi connectivity index (χ4n) is 2.19. The maximum atomic E-state index is 6.34. The smallest absolute Gasteiger partial charge is 0.106 e. The summed E-state index contributed by atoms with van der Waals surface area (Å²) in [7, 11) is 0. The Kier molecular flexibility index (Phi) is 4.54. The molecule has 3 rings (SSSR count). The van der Waals surface area contributed by atoms with Gasteiger partial charge in [-0.1, -0.05) is 49.5 Å². The van der Waals surface area contributed by atoms with E-state index in [9.17, 15) is 0 Å². The van der Waals surface area contributed by atoms with Crippen LogP contribution in [0.3, 0.4) is 0 Å². The molecular formula is C15H11Br2ClN2S. The van der Waals surface area contributed by atoms with Gasteiger partial charge in [-0.05, 0) is 36.8 Å². The maximum Gasteiger partial charge on any atom is 0.106 e. The molecule has 108 valence electrons. The van der Waals surface area contributed by atoms with Gasteiger partial charge in [0.05, 0.1) is 20.9 Å². The molecule has 0 aliphatic rings. The van der Waals surface area contributed by atoms with Gasteiger partial charge >= 0.3 is 0 Å². The molecule has 6 heteroatoms. The number of hydrogen-bond acceptors (Lipinski definition) is 3. The third-order valence-corrected chi connectivity index (χ3v) is 5.53. The number of halogens is 3. The highest BCUT2D eigenvalue weighted by Crippen LogP contribution is 2.36. The van der Waals surface area contributed by atoms with Crippen molar-refractivity contribution in [2.75, 3.05) is 5.32 Å². The highest BCUT2D eigenvalue weighted by molar-refractivity contribution is 9.11. The van der Waals surface area contributed by atoms with Gasteiger partial charge in [-0.25, -0.2) is 4.98 Å². The largest absolute Gasteiger partial charge is 0.375 e. The van der Waals surface area contributed by atoms with Crippen LogP contribution < -0.4 is 5.32 Å². The predicted octanol–water partition coefficient (Wildman–Crippen LogP) is 6.65. The fraction of sp³-hybridized carbons (Fsp3) is 0.133. The van der Waals surface area contributed by atoms with Crippen molar-refractivity contribution in [3.05, 3.63) is 55.4 Å². The summed E-state index contributed by atoms with van der Waals surface area (Å²) >= 11 is 15.0. The van der Waals surface area contributed by atoms with Gasteiger partial charge < -0.3 is 5.32 Å². The van der Waals surface area contributed by atoms with Crippen LogP contribution in [0.4, 0.5) is 5.69 Å². The molecule has 0 radical (unpaired) electrons. The number of hydrogen-bond donors (Lipinski definition) is 1. The summed E-state index contributed by atoms with van der Waals surface area (Å²) in [6.45, 7) is 2.11. The van der Waals surface area contributed by atoms with Crippen LogP contribution in [0.1, 0.15) is 18.5 Å². The van der Waals surface area contributed by atoms with E-state index in [0.29, 0.717) is 5.02 Å². The molecule has 2 aromatic carbocycles. The number of fused-ring (bicyclic) bond motifs is 1. The summed E-state index contributed by atoms with van der Waals surface area (Å²) < 4.78 is 3.23. The van der Waals surface area contributed by atoms with Crippen LogP contribution in [0, 0.1) is 0 Å². The first-order valence-electron chi connectivity index (χ1n) is 6.29. The molecule has 0 amide bonds. The van der Waals surface area contributed by atoms with Crippen molar-refractivity contribution in [2.24, 2.45) is 0 Å². The van der Waals surface area contributed by atoms with E-state index in [2.05, 4.69) is 55.2 Å². The van der Waals surface area contributed by atoms with Gasteiger partial charge in [0.15, 0.2) is 0 Å². The zero-order chi connectivity index (χ0) is 15.0. The first-order chi connectivity index (χ1) is 10.1. The number of anilines is 1. The normalized spacial score (nSPS) is 12.6. The Morgan fingerprint density at radius 3 is 2.81 bits per heavy atom. The van der Waals surface area contributed by atoms with E-state index in [1.807, 2.05) is 29.8 Å². The number of nitrogens with one attached hydrogen (secondary N) is 1. The monoisotopic (exact) mass is 444 g/mol. The topological polar surface area (TPSA) is 24.9 Å². The van der Waals surface area contributed by atoms with Crippen LogP contribution in [0.15, 0.2) is 44.8 Å². The Morgan fingerprint density at radius 2 is 2.05 bits per heavy atom. The second kappa shape index (κ2) is 6.24. The third-order valence-electron chi connectivity index (χ3n) is 3.24. The summed E-state index contributed by atoms with van der Waals surface area (Å²) in [5.74, 6) is 0. The highest BCUT2D eigenvalue weighted by Gasteiger charge is 2.14. The SMILES string of the molecule is CC(Nc1c(Cl)ccc2scnc12)c1ccc(Br)cc1Br. The van der Waals surface area contributed by atoms with Gasteiger partial charge in [0, 0.05) is 15.0 Å². The molecule has 0 bridgehead atoms. The van der Waals surface area contributed by atoms with Gasteiger partial charge in [0.25, 0.3) is 0 Å². The predicted molar refractivity (Wildman–Crippen MR) is 98.5 cm³/mol. The van der Waals surface area contributed by atoms with Crippen LogP contribution >= 0.6 is 54.8 Å². The Balaban J connectivity index is 1.98. The van der Waals surface area contributed by atoms with E-state index in [1.54, 1.807) is 11.3 Å². The molecule has 1 atom stereocenters. The average Bonchev–Trinajstić information content (AvgIpc) is 2.90. The lowest BCUT2D eigenvalue weighted by Crippen LogP contribution is -2.08. The second-order valence-electron chi connectivity index (χ2n) is 4.65. The molecule has 21 heavy (non-hydrogen) atoms. The van der Waals surface area contributed by atoms with Crippen molar-refractivity contribution < 1.29 is 0 Å². The van der Waals surface area contributed by atoms with Crippen molar-refractivity contribution in [2.45, 2.75) is 13.0 Å². The lowest BCUT2D eigenvalue weighted by atomic mass is 10.1. The van der Waals surface area contributed by atoms with Gasteiger partial charge in [-0.15, -0.1) is 11.3 Å². The first-order valence-corrected chi connectivity index (χ1v) is 9.14. The summed E-state index contributed by atoms with van der Waals surface area (Å²) in [6.07, 6.45) is 0. The highest BCUT2D eigenvalue weighted by atomic mass is 79.9. The van der Waals surface area contributed by atoms with E-state index in [4.69, 9.17) is 11.6 Å². The first kappa shape index (κ1) is 15.3. The molecule has 2 nitrogen and oxygen atoms in total. The molecule has 0 fully saturated rings. The molecule has 0 saturated heterocycles. The lowest BCUT2D eigenvalue weighted by Gasteiger charge is -2.18. The average molecular weight is 447 g/mol. The van der Waals surface area contributed by atoms with Crippen molar-refractivity contribution >= 4 is 70.7 Å². The summed E-state index contributed by atoms with van der Waals surface area (Å²) in [5.41, 5.74) is 4.82. The zero-order valence-corrected chi connectivity index (χ0v) is 15.8. The molecule has 3 aromatic rings. The molecule has 0 spiro atoms. The van der Waals surface area contributed by atoms with E-state index >= 15 is 0 Å². The minimum Gasteiger partial charge on any atom is -0.375 e. The van der Waals surface area contributed by atoms with E-state index in [-0.39, 0.29) is 6.04 Å². The molecule has 1 N–H and O–H groups in total. The minimum absolute atomic E-state index is 0.109. The van der Waals surface area contributed by atoms with Gasteiger partial charge in [-0.3, -0.25) is 0 Å². The number of thiazole rings is 1. The Bertz CT molecular complexity index is 803. The van der Waals surface area contributed by atoms with Crippen LogP contribution in [-0.4, -0.2) is 4.98 Å². The molecule has 1 heterocycles. The van der Waals surface area contributed by atoms with E-state index < -0.39 is 0 Å². The third kappa shape index (κ3) is 3.11. The standard InChI is InChI=1S/C15H11Br2ClN2S/c1-8(10-3-2-9(16)6-11(10)17)20-14-12(18)4-5-13-15(14)19-7-21-13/h2-8,20H,1H3. The Labute approximate surface area is 148 Å². The van der Waals surface area contributed by atoms with Crippen LogP contribution in [0.5, 0.6) is 0 Å². The fourth-order valence-corrected chi connectivity index (χ4v) is 4.47. The molecule has 0 aliphatic carbocycles. The molecule has 1 aromatic heterocycles. The van der Waals surface area contributed by atoms with Crippen LogP contribution in [0.25, 0.3) is 10.2 Å². The summed E-state index contributed by atoms with van der Waals surface area (Å²) in [5, 5.41) is 4.17. The van der Waals surface area contributed by atoms with Crippen LogP contribution in [-0.2, 0) is 0 Å². The maximum absolute atomic E-state index is 6.34. The van der Waals surface area contributed by atoms with E-state index in [1.165, 1.54) is 5.56 Å². The van der Waals surface area contributed by atoms with Gasteiger partial charge in [0.2, 0.25) is 0 Å². The van der Waals surface area contributed by atoms with Crippen molar-refractivity contribution in [1.82, 2.24) is 4.98 Å². The van der Waals surface area contributed by atoms with Crippen molar-refractivity contribution in [3.8, 4) is 0 Å². The van der Waals surface area contributed by atoms with Crippen molar-refractivity contribution in [3.63, 3.8) is 0 Å². The number of rotatable bonds is 3. The molecule has 0 aliphatic heterocycles. The molecule has 0 saturated carbocycles. The van der Waals surface area contributed by atoms with Crippen molar-refractivity contribution in [1.29, 1.82) is 0 Å². The quantitative estimate of drug-likeness (QED) is 0.487. The number of benzene rings is 2. The van der Waals surface area contributed by atoms with Crippen LogP contribution in [0.2, 0.25) is 5.02 Å². The second-order valence-corrected chi connectivity index (χ2v) is 7.72. The zero-order valence-electron chi connectivity index (χ0n) is 11.0. The van der Waals surface area contributed by atoms with Gasteiger partial charge in [0.1, 0.15) is 5.52 Å². The number of aromatic nitrogens is 1. The summed E-state index contributed by atoms with van der Waals surface area (Å²) in [6, 6.07) is 10.2. The molecular weight excluding hydrogens is 436 g/mol. The number of nitrogens with zero attached hydrogens (tertiary/aromatic N) is 1.